The van der Waals surface area contributed by atoms with Crippen molar-refractivity contribution in [2.45, 2.75) is 37.6 Å². The minimum Gasteiger partial charge on any atom is -0.465 e. The third-order valence-corrected chi connectivity index (χ3v) is 5.54. The van der Waals surface area contributed by atoms with E-state index in [2.05, 4.69) is 35.7 Å². The van der Waals surface area contributed by atoms with Crippen LogP contribution in [-0.2, 0) is 0 Å². The fraction of sp³-hybridized carbons (Fsp3) is 0.529. The predicted molar refractivity (Wildman–Crippen MR) is 94.7 cm³/mol. The van der Waals surface area contributed by atoms with Gasteiger partial charge in [-0.15, -0.1) is 0 Å². The molecule has 1 spiro atoms. The highest BCUT2D eigenvalue weighted by atomic mass is 16.4. The van der Waals surface area contributed by atoms with Crippen LogP contribution in [0.1, 0.15) is 37.3 Å². The number of carboxylic acid groups (broad SMARTS) is 1. The van der Waals surface area contributed by atoms with Gasteiger partial charge >= 0.3 is 6.09 Å². The minimum absolute atomic E-state index is 0.0869. The average Bonchev–Trinajstić information content (AvgIpc) is 3.29. The Kier molecular flexibility index (Phi) is 3.31. The van der Waals surface area contributed by atoms with Gasteiger partial charge in [0.25, 0.3) is 0 Å². The molecule has 0 atom stereocenters. The van der Waals surface area contributed by atoms with Gasteiger partial charge in [0.2, 0.25) is 5.95 Å². The quantitative estimate of drug-likeness (QED) is 0.648. The van der Waals surface area contributed by atoms with E-state index in [-0.39, 0.29) is 11.5 Å². The molecule has 0 aromatic carbocycles. The van der Waals surface area contributed by atoms with Crippen molar-refractivity contribution in [1.82, 2.24) is 25.5 Å². The molecule has 1 amide bonds. The molecule has 3 fully saturated rings. The molecule has 2 saturated carbocycles. The van der Waals surface area contributed by atoms with Crippen molar-refractivity contribution in [3.8, 4) is 0 Å². The van der Waals surface area contributed by atoms with Crippen LogP contribution in [0.5, 0.6) is 0 Å². The second-order valence-corrected chi connectivity index (χ2v) is 7.76. The number of H-pyrrole nitrogens is 1. The monoisotopic (exact) mass is 355 g/mol. The number of carbonyl (C=O) groups is 1. The predicted octanol–water partition coefficient (Wildman–Crippen LogP) is 2.06. The number of hydrogen-bond acceptors (Lipinski definition) is 6. The summed E-state index contributed by atoms with van der Waals surface area (Å²) in [5.74, 6) is 2.84. The zero-order chi connectivity index (χ0) is 17.7. The SMILES string of the molecule is O=C(O)NC1CC2(C1)CN(c1nccc(Nc3cc(C4CC4)[nH]n3)n1)C2. The summed E-state index contributed by atoms with van der Waals surface area (Å²) in [6.45, 7) is 1.75. The third kappa shape index (κ3) is 2.83. The number of aromatic nitrogens is 4. The molecule has 26 heavy (non-hydrogen) atoms. The first kappa shape index (κ1) is 15.4. The first-order valence-electron chi connectivity index (χ1n) is 8.98. The highest BCUT2D eigenvalue weighted by molar-refractivity contribution is 5.65. The lowest BCUT2D eigenvalue weighted by Crippen LogP contribution is -2.67. The molecule has 3 aliphatic rings. The smallest absolute Gasteiger partial charge is 0.404 e. The van der Waals surface area contributed by atoms with Crippen LogP contribution < -0.4 is 15.5 Å². The zero-order valence-electron chi connectivity index (χ0n) is 14.3. The lowest BCUT2D eigenvalue weighted by atomic mass is 9.61. The maximum absolute atomic E-state index is 10.7. The van der Waals surface area contributed by atoms with E-state index >= 15 is 0 Å². The van der Waals surface area contributed by atoms with Crippen molar-refractivity contribution in [2.24, 2.45) is 5.41 Å². The summed E-state index contributed by atoms with van der Waals surface area (Å²) in [4.78, 5) is 21.8. The largest absolute Gasteiger partial charge is 0.465 e. The average molecular weight is 355 g/mol. The summed E-state index contributed by atoms with van der Waals surface area (Å²) in [5.41, 5.74) is 1.40. The molecule has 5 rings (SSSR count). The third-order valence-electron chi connectivity index (χ3n) is 5.54. The highest BCUT2D eigenvalue weighted by Gasteiger charge is 2.53. The van der Waals surface area contributed by atoms with E-state index in [0.29, 0.717) is 11.9 Å². The summed E-state index contributed by atoms with van der Waals surface area (Å²) in [7, 11) is 0. The molecule has 1 aliphatic heterocycles. The number of amides is 1. The van der Waals surface area contributed by atoms with Gasteiger partial charge in [-0.2, -0.15) is 10.1 Å². The number of aromatic amines is 1. The number of rotatable bonds is 5. The minimum atomic E-state index is -0.939. The van der Waals surface area contributed by atoms with Gasteiger partial charge in [0.05, 0.1) is 0 Å². The van der Waals surface area contributed by atoms with Crippen LogP contribution in [0.15, 0.2) is 18.3 Å². The van der Waals surface area contributed by atoms with E-state index in [0.717, 1.165) is 37.6 Å². The van der Waals surface area contributed by atoms with E-state index in [1.807, 2.05) is 12.1 Å². The first-order chi connectivity index (χ1) is 12.6. The highest BCUT2D eigenvalue weighted by Crippen LogP contribution is 2.49. The molecule has 2 aromatic rings. The molecule has 9 nitrogen and oxygen atoms in total. The normalized spacial score (nSPS) is 21.2. The van der Waals surface area contributed by atoms with Crippen LogP contribution in [0.25, 0.3) is 0 Å². The maximum Gasteiger partial charge on any atom is 0.404 e. The first-order valence-corrected chi connectivity index (χ1v) is 8.98. The second kappa shape index (κ2) is 5.58. The van der Waals surface area contributed by atoms with Gasteiger partial charge in [0, 0.05) is 48.4 Å². The van der Waals surface area contributed by atoms with Crippen molar-refractivity contribution < 1.29 is 9.90 Å². The van der Waals surface area contributed by atoms with E-state index < -0.39 is 6.09 Å². The molecule has 2 aliphatic carbocycles. The molecular weight excluding hydrogens is 334 g/mol. The zero-order valence-corrected chi connectivity index (χ0v) is 14.3. The number of nitrogens with zero attached hydrogens (tertiary/aromatic N) is 4. The van der Waals surface area contributed by atoms with Crippen LogP contribution in [0, 0.1) is 5.41 Å². The fourth-order valence-corrected chi connectivity index (χ4v) is 4.13. The summed E-state index contributed by atoms with van der Waals surface area (Å²) < 4.78 is 0. The molecule has 0 radical (unpaired) electrons. The molecule has 3 heterocycles. The summed E-state index contributed by atoms with van der Waals surface area (Å²) in [6.07, 6.45) is 5.07. The Morgan fingerprint density at radius 1 is 1.31 bits per heavy atom. The van der Waals surface area contributed by atoms with Crippen LogP contribution in [0.3, 0.4) is 0 Å². The number of anilines is 3. The molecule has 9 heteroatoms. The Labute approximate surface area is 150 Å². The van der Waals surface area contributed by atoms with E-state index in [1.165, 1.54) is 18.5 Å². The van der Waals surface area contributed by atoms with Gasteiger partial charge in [-0.3, -0.25) is 5.10 Å². The van der Waals surface area contributed by atoms with Gasteiger partial charge in [0.1, 0.15) is 5.82 Å². The van der Waals surface area contributed by atoms with Gasteiger partial charge in [0.15, 0.2) is 5.82 Å². The van der Waals surface area contributed by atoms with Crippen molar-refractivity contribution in [3.63, 3.8) is 0 Å². The lowest BCUT2D eigenvalue weighted by molar-refractivity contribution is 0.0477. The Bertz CT molecular complexity index is 833. The number of hydrogen-bond donors (Lipinski definition) is 4. The lowest BCUT2D eigenvalue weighted by Gasteiger charge is -2.58. The van der Waals surface area contributed by atoms with E-state index in [1.54, 1.807) is 6.20 Å². The second-order valence-electron chi connectivity index (χ2n) is 7.76. The summed E-state index contributed by atoms with van der Waals surface area (Å²) >= 11 is 0. The molecule has 2 aromatic heterocycles. The van der Waals surface area contributed by atoms with Gasteiger partial charge in [-0.1, -0.05) is 0 Å². The topological polar surface area (TPSA) is 119 Å². The fourth-order valence-electron chi connectivity index (χ4n) is 4.13. The standard InChI is InChI=1S/C17H21N7O2/c25-16(26)19-11-6-17(7-11)8-24(9-17)15-18-4-3-13(21-15)20-14-5-12(22-23-14)10-1-2-10/h3-5,10-11,19H,1-2,6-9H2,(H,25,26)(H2,18,20,21,22,23). The Morgan fingerprint density at radius 2 is 2.12 bits per heavy atom. The molecular formula is C17H21N7O2. The van der Waals surface area contributed by atoms with Crippen molar-refractivity contribution in [2.75, 3.05) is 23.3 Å². The van der Waals surface area contributed by atoms with Gasteiger partial charge < -0.3 is 20.6 Å². The Morgan fingerprint density at radius 3 is 2.85 bits per heavy atom. The number of nitrogens with one attached hydrogen (secondary N) is 3. The molecule has 4 N–H and O–H groups in total. The van der Waals surface area contributed by atoms with Crippen LogP contribution in [0.4, 0.5) is 22.4 Å². The van der Waals surface area contributed by atoms with Crippen LogP contribution >= 0.6 is 0 Å². The Hall–Kier alpha value is -2.84. The Balaban J connectivity index is 1.19. The van der Waals surface area contributed by atoms with Gasteiger partial charge in [-0.05, 0) is 31.7 Å². The van der Waals surface area contributed by atoms with Crippen LogP contribution in [-0.4, -0.2) is 50.5 Å². The van der Waals surface area contributed by atoms with Crippen LogP contribution in [0.2, 0.25) is 0 Å². The molecule has 0 unspecified atom stereocenters. The molecule has 136 valence electrons. The summed E-state index contributed by atoms with van der Waals surface area (Å²) in [5, 5.41) is 21.9. The van der Waals surface area contributed by atoms with Crippen molar-refractivity contribution >= 4 is 23.7 Å². The molecule has 0 bridgehead atoms. The van der Waals surface area contributed by atoms with Crippen molar-refractivity contribution in [3.05, 3.63) is 24.0 Å². The van der Waals surface area contributed by atoms with E-state index in [9.17, 15) is 4.79 Å². The molecule has 1 saturated heterocycles. The summed E-state index contributed by atoms with van der Waals surface area (Å²) in [6, 6.07) is 3.96. The van der Waals surface area contributed by atoms with E-state index in [4.69, 9.17) is 5.11 Å². The maximum atomic E-state index is 10.7. The van der Waals surface area contributed by atoms with Gasteiger partial charge in [-0.25, -0.2) is 9.78 Å². The van der Waals surface area contributed by atoms with Crippen molar-refractivity contribution in [1.29, 1.82) is 0 Å².